The number of nitrogens with zero attached hydrogens (tertiary/aromatic N) is 1. The molecule has 1 aromatic carbocycles. The fourth-order valence-corrected chi connectivity index (χ4v) is 2.59. The predicted octanol–water partition coefficient (Wildman–Crippen LogP) is 0.563. The third-order valence-electron chi connectivity index (χ3n) is 3.96. The highest BCUT2D eigenvalue weighted by Crippen LogP contribution is 2.16. The maximum atomic E-state index is 11.8. The van der Waals surface area contributed by atoms with Crippen LogP contribution in [0.1, 0.15) is 24.8 Å². The first-order valence-electron chi connectivity index (χ1n) is 8.11. The van der Waals surface area contributed by atoms with Gasteiger partial charge in [-0.25, -0.2) is 9.59 Å². The van der Waals surface area contributed by atoms with Gasteiger partial charge < -0.3 is 20.4 Å². The molecular formula is C17H18N2O8. The van der Waals surface area contributed by atoms with Gasteiger partial charge in [0.15, 0.2) is 0 Å². The zero-order valence-corrected chi connectivity index (χ0v) is 14.2. The van der Waals surface area contributed by atoms with Gasteiger partial charge in [0.05, 0.1) is 5.92 Å². The van der Waals surface area contributed by atoms with Gasteiger partial charge in [-0.05, 0) is 18.4 Å². The number of imide groups is 1. The lowest BCUT2D eigenvalue weighted by atomic mass is 9.93. The summed E-state index contributed by atoms with van der Waals surface area (Å²) in [5.74, 6) is -5.19. The van der Waals surface area contributed by atoms with E-state index in [1.165, 1.54) is 0 Å². The van der Waals surface area contributed by atoms with Crippen LogP contribution in [0.15, 0.2) is 30.3 Å². The Labute approximate surface area is 153 Å². The van der Waals surface area contributed by atoms with Crippen LogP contribution in [0.4, 0.5) is 4.79 Å². The van der Waals surface area contributed by atoms with E-state index in [0.717, 1.165) is 0 Å². The average molecular weight is 378 g/mol. The molecule has 1 aliphatic rings. The molecule has 0 radical (unpaired) electrons. The lowest BCUT2D eigenvalue weighted by Gasteiger charge is -2.20. The van der Waals surface area contributed by atoms with Gasteiger partial charge >= 0.3 is 18.0 Å². The molecule has 3 N–H and O–H groups in total. The van der Waals surface area contributed by atoms with E-state index in [1.54, 1.807) is 30.3 Å². The number of amides is 3. The Morgan fingerprint density at radius 1 is 1.04 bits per heavy atom. The first-order chi connectivity index (χ1) is 12.8. The fraction of sp³-hybridized carbons (Fsp3) is 0.353. The number of carboxylic acid groups (broad SMARTS) is 2. The number of benzene rings is 1. The third-order valence-corrected chi connectivity index (χ3v) is 3.96. The van der Waals surface area contributed by atoms with Crippen LogP contribution in [0.25, 0.3) is 0 Å². The highest BCUT2D eigenvalue weighted by Gasteiger charge is 2.35. The van der Waals surface area contributed by atoms with Crippen LogP contribution in [-0.4, -0.2) is 51.2 Å². The van der Waals surface area contributed by atoms with Crippen molar-refractivity contribution in [2.45, 2.75) is 31.7 Å². The summed E-state index contributed by atoms with van der Waals surface area (Å²) >= 11 is 0. The molecular weight excluding hydrogens is 360 g/mol. The van der Waals surface area contributed by atoms with E-state index < -0.39 is 48.2 Å². The van der Waals surface area contributed by atoms with E-state index in [9.17, 15) is 34.2 Å². The number of nitrogens with one attached hydrogen (secondary N) is 1. The van der Waals surface area contributed by atoms with Crippen LogP contribution in [0.2, 0.25) is 0 Å². The normalized spacial score (nSPS) is 15.9. The monoisotopic (exact) mass is 378 g/mol. The Balaban J connectivity index is 2.01. The van der Waals surface area contributed by atoms with Crippen LogP contribution in [0.3, 0.4) is 0 Å². The number of hydrogen-bond acceptors (Lipinski definition) is 6. The van der Waals surface area contributed by atoms with Gasteiger partial charge in [0.25, 0.3) is 11.8 Å². The molecule has 3 amide bonds. The Bertz CT molecular complexity index is 733. The molecule has 0 aliphatic carbocycles. The summed E-state index contributed by atoms with van der Waals surface area (Å²) in [6.45, 7) is 0. The Kier molecular flexibility index (Phi) is 6.47. The fourth-order valence-electron chi connectivity index (χ4n) is 2.59. The first kappa shape index (κ1) is 19.9. The van der Waals surface area contributed by atoms with Crippen LogP contribution in [0.5, 0.6) is 0 Å². The molecule has 0 bridgehead atoms. The number of hydrogen-bond donors (Lipinski definition) is 3. The summed E-state index contributed by atoms with van der Waals surface area (Å²) in [7, 11) is 0. The van der Waals surface area contributed by atoms with Crippen LogP contribution >= 0.6 is 0 Å². The Hall–Kier alpha value is -3.43. The maximum Gasteiger partial charge on any atom is 0.432 e. The quantitative estimate of drug-likeness (QED) is 0.555. The standard InChI is InChI=1S/C17H18N2O8/c20-13-6-7-14(21)19(13)27-17(26)18-12(16(24)25)9-11(15(22)23)8-10-4-2-1-3-5-10/h1-5,11-12H,6-9H2,(H,18,26)(H,22,23)(H,24,25)/t11?,12-/m0/s1. The second-order valence-electron chi connectivity index (χ2n) is 5.96. The van der Waals surface area contributed by atoms with Gasteiger partial charge in [0.1, 0.15) is 6.04 Å². The second kappa shape index (κ2) is 8.79. The molecule has 1 fully saturated rings. The molecule has 27 heavy (non-hydrogen) atoms. The molecule has 1 aliphatic heterocycles. The minimum Gasteiger partial charge on any atom is -0.481 e. The maximum absolute atomic E-state index is 11.8. The minimum atomic E-state index is -1.57. The summed E-state index contributed by atoms with van der Waals surface area (Å²) < 4.78 is 0. The third kappa shape index (κ3) is 5.53. The number of hydroxylamine groups is 2. The van der Waals surface area contributed by atoms with Crippen molar-refractivity contribution in [2.75, 3.05) is 0 Å². The summed E-state index contributed by atoms with van der Waals surface area (Å²) in [6, 6.07) is 7.05. The van der Waals surface area contributed by atoms with Gasteiger partial charge in [0.2, 0.25) is 0 Å². The molecule has 1 aromatic rings. The lowest BCUT2D eigenvalue weighted by molar-refractivity contribution is -0.171. The Morgan fingerprint density at radius 3 is 2.15 bits per heavy atom. The molecule has 0 spiro atoms. The molecule has 2 atom stereocenters. The average Bonchev–Trinajstić information content (AvgIpc) is 2.93. The van der Waals surface area contributed by atoms with E-state index in [-0.39, 0.29) is 24.3 Å². The Morgan fingerprint density at radius 2 is 1.63 bits per heavy atom. The molecule has 10 nitrogen and oxygen atoms in total. The highest BCUT2D eigenvalue weighted by molar-refractivity contribution is 6.01. The molecule has 1 heterocycles. The largest absolute Gasteiger partial charge is 0.481 e. The molecule has 0 aromatic heterocycles. The van der Waals surface area contributed by atoms with Gasteiger partial charge in [-0.15, -0.1) is 5.06 Å². The summed E-state index contributed by atoms with van der Waals surface area (Å²) in [6.07, 6.45) is -1.87. The van der Waals surface area contributed by atoms with E-state index in [4.69, 9.17) is 0 Å². The van der Waals surface area contributed by atoms with Crippen molar-refractivity contribution in [2.24, 2.45) is 5.92 Å². The predicted molar refractivity (Wildman–Crippen MR) is 88.0 cm³/mol. The number of rotatable bonds is 8. The van der Waals surface area contributed by atoms with Crippen molar-refractivity contribution >= 4 is 29.8 Å². The van der Waals surface area contributed by atoms with Crippen molar-refractivity contribution < 1.29 is 39.0 Å². The van der Waals surface area contributed by atoms with Crippen molar-refractivity contribution in [3.63, 3.8) is 0 Å². The molecule has 2 rings (SSSR count). The molecule has 1 unspecified atom stereocenters. The van der Waals surface area contributed by atoms with Crippen molar-refractivity contribution in [3.8, 4) is 0 Å². The second-order valence-corrected chi connectivity index (χ2v) is 5.96. The van der Waals surface area contributed by atoms with Gasteiger partial charge in [-0.1, -0.05) is 30.3 Å². The summed E-state index contributed by atoms with van der Waals surface area (Å²) in [5, 5.41) is 20.9. The van der Waals surface area contributed by atoms with Gasteiger partial charge in [0, 0.05) is 12.8 Å². The number of aliphatic carboxylic acids is 2. The van der Waals surface area contributed by atoms with Gasteiger partial charge in [-0.3, -0.25) is 14.4 Å². The van der Waals surface area contributed by atoms with E-state index in [2.05, 4.69) is 4.84 Å². The zero-order valence-electron chi connectivity index (χ0n) is 14.2. The number of carbonyl (C=O) groups is 5. The summed E-state index contributed by atoms with van der Waals surface area (Å²) in [5.41, 5.74) is 0.699. The summed E-state index contributed by atoms with van der Waals surface area (Å²) in [4.78, 5) is 62.1. The van der Waals surface area contributed by atoms with Crippen LogP contribution in [-0.2, 0) is 30.4 Å². The van der Waals surface area contributed by atoms with E-state index >= 15 is 0 Å². The topological polar surface area (TPSA) is 150 Å². The molecule has 0 saturated carbocycles. The van der Waals surface area contributed by atoms with E-state index in [1.807, 2.05) is 5.32 Å². The molecule has 10 heteroatoms. The highest BCUT2D eigenvalue weighted by atomic mass is 16.7. The molecule has 1 saturated heterocycles. The van der Waals surface area contributed by atoms with Crippen molar-refractivity contribution in [1.29, 1.82) is 0 Å². The molecule has 144 valence electrons. The van der Waals surface area contributed by atoms with Crippen LogP contribution in [0, 0.1) is 5.92 Å². The van der Waals surface area contributed by atoms with Crippen molar-refractivity contribution in [1.82, 2.24) is 10.4 Å². The zero-order chi connectivity index (χ0) is 20.0. The number of carboxylic acids is 2. The number of carbonyl (C=O) groups excluding carboxylic acids is 3. The van der Waals surface area contributed by atoms with E-state index in [0.29, 0.717) is 5.56 Å². The SMILES string of the molecule is O=C(N[C@@H](CC(Cc1ccccc1)C(=O)O)C(=O)O)ON1C(=O)CCC1=O. The smallest absolute Gasteiger partial charge is 0.432 e. The first-order valence-corrected chi connectivity index (χ1v) is 8.11. The minimum absolute atomic E-state index is 0.0692. The van der Waals surface area contributed by atoms with Crippen LogP contribution < -0.4 is 5.32 Å². The lowest BCUT2D eigenvalue weighted by Crippen LogP contribution is -2.46. The van der Waals surface area contributed by atoms with Crippen molar-refractivity contribution in [3.05, 3.63) is 35.9 Å². The van der Waals surface area contributed by atoms with Gasteiger partial charge in [-0.2, -0.15) is 0 Å².